The fourth-order valence-corrected chi connectivity index (χ4v) is 2.08. The van der Waals surface area contributed by atoms with Crippen LogP contribution in [0, 0.1) is 0 Å². The Morgan fingerprint density at radius 2 is 2.00 bits per heavy atom. The highest BCUT2D eigenvalue weighted by Crippen LogP contribution is 2.24. The van der Waals surface area contributed by atoms with Crippen molar-refractivity contribution in [3.63, 3.8) is 0 Å². The van der Waals surface area contributed by atoms with Gasteiger partial charge in [-0.25, -0.2) is 4.79 Å². The molecule has 0 heterocycles. The van der Waals surface area contributed by atoms with E-state index in [1.54, 1.807) is 0 Å². The number of carbonyl (C=O) groups excluding carboxylic acids is 1. The van der Waals surface area contributed by atoms with Gasteiger partial charge in [-0.1, -0.05) is 12.1 Å². The fourth-order valence-electron chi connectivity index (χ4n) is 2.08. The van der Waals surface area contributed by atoms with Crippen LogP contribution in [0.4, 0.5) is 0 Å². The summed E-state index contributed by atoms with van der Waals surface area (Å²) in [6, 6.07) is 5.91. The standard InChI is InChI=1S/C12H14O2.ClH/c1-14-12(13)11-8-4-6-9-5-2-3-7-10(9)11;/h4,6,8H,2-3,5,7H2,1H3;1H. The number of ether oxygens (including phenoxy) is 1. The van der Waals surface area contributed by atoms with Gasteiger partial charge in [-0.3, -0.25) is 0 Å². The van der Waals surface area contributed by atoms with Crippen LogP contribution in [0.5, 0.6) is 0 Å². The summed E-state index contributed by atoms with van der Waals surface area (Å²) in [5.41, 5.74) is 3.27. The number of halogens is 1. The van der Waals surface area contributed by atoms with E-state index in [2.05, 4.69) is 6.07 Å². The number of hydrogen-bond acceptors (Lipinski definition) is 2. The first-order valence-electron chi connectivity index (χ1n) is 5.02. The lowest BCUT2D eigenvalue weighted by molar-refractivity contribution is 0.0599. The van der Waals surface area contributed by atoms with E-state index in [-0.39, 0.29) is 18.4 Å². The summed E-state index contributed by atoms with van der Waals surface area (Å²) in [6.07, 6.45) is 4.53. The molecular weight excluding hydrogens is 212 g/mol. The van der Waals surface area contributed by atoms with Gasteiger partial charge < -0.3 is 4.74 Å². The first kappa shape index (κ1) is 12.1. The summed E-state index contributed by atoms with van der Waals surface area (Å²) in [5.74, 6) is -0.205. The van der Waals surface area contributed by atoms with Crippen LogP contribution in [0.1, 0.15) is 34.3 Å². The van der Waals surface area contributed by atoms with Crippen LogP contribution < -0.4 is 0 Å². The molecule has 0 saturated heterocycles. The minimum atomic E-state index is -0.205. The number of methoxy groups -OCH3 is 1. The molecule has 0 radical (unpaired) electrons. The van der Waals surface area contributed by atoms with Gasteiger partial charge in [-0.2, -0.15) is 0 Å². The summed E-state index contributed by atoms with van der Waals surface area (Å²) in [4.78, 5) is 11.5. The molecule has 0 unspecified atom stereocenters. The minimum absolute atomic E-state index is 0. The van der Waals surface area contributed by atoms with Crippen LogP contribution in [-0.2, 0) is 17.6 Å². The smallest absolute Gasteiger partial charge is 0.338 e. The number of carbonyl (C=O) groups is 1. The van der Waals surface area contributed by atoms with E-state index in [4.69, 9.17) is 4.74 Å². The third kappa shape index (κ3) is 2.32. The maximum absolute atomic E-state index is 11.5. The molecule has 82 valence electrons. The third-order valence-electron chi connectivity index (χ3n) is 2.80. The average molecular weight is 227 g/mol. The largest absolute Gasteiger partial charge is 0.465 e. The molecule has 0 aliphatic heterocycles. The Hall–Kier alpha value is -1.02. The molecule has 0 amide bonds. The molecule has 0 aromatic heterocycles. The summed E-state index contributed by atoms with van der Waals surface area (Å²) in [7, 11) is 1.44. The molecular formula is C12H15ClO2. The minimum Gasteiger partial charge on any atom is -0.465 e. The number of rotatable bonds is 1. The highest BCUT2D eigenvalue weighted by atomic mass is 35.5. The monoisotopic (exact) mass is 226 g/mol. The second-order valence-corrected chi connectivity index (χ2v) is 3.64. The van der Waals surface area contributed by atoms with Crippen molar-refractivity contribution in [2.45, 2.75) is 25.7 Å². The Bertz CT molecular complexity index is 361. The topological polar surface area (TPSA) is 26.3 Å². The zero-order valence-corrected chi connectivity index (χ0v) is 9.60. The first-order chi connectivity index (χ1) is 6.83. The van der Waals surface area contributed by atoms with Gasteiger partial charge in [0.1, 0.15) is 0 Å². The summed E-state index contributed by atoms with van der Waals surface area (Å²) >= 11 is 0. The van der Waals surface area contributed by atoms with Crippen molar-refractivity contribution in [1.29, 1.82) is 0 Å². The van der Waals surface area contributed by atoms with Gasteiger partial charge in [0.25, 0.3) is 0 Å². The Kier molecular flexibility index (Phi) is 4.15. The van der Waals surface area contributed by atoms with E-state index in [9.17, 15) is 4.79 Å². The van der Waals surface area contributed by atoms with Crippen LogP contribution in [-0.4, -0.2) is 13.1 Å². The van der Waals surface area contributed by atoms with Crippen molar-refractivity contribution >= 4 is 18.4 Å². The second kappa shape index (κ2) is 5.17. The molecule has 0 atom stereocenters. The normalized spacial score (nSPS) is 13.7. The van der Waals surface area contributed by atoms with Gasteiger partial charge in [-0.15, -0.1) is 12.4 Å². The molecule has 1 aromatic carbocycles. The van der Waals surface area contributed by atoms with Gasteiger partial charge in [0, 0.05) is 0 Å². The predicted molar refractivity (Wildman–Crippen MR) is 61.7 cm³/mol. The first-order valence-corrected chi connectivity index (χ1v) is 5.02. The van der Waals surface area contributed by atoms with E-state index in [1.807, 2.05) is 12.1 Å². The number of benzene rings is 1. The highest BCUT2D eigenvalue weighted by molar-refractivity contribution is 5.91. The van der Waals surface area contributed by atoms with Gasteiger partial charge >= 0.3 is 5.97 Å². The van der Waals surface area contributed by atoms with Gasteiger partial charge in [-0.05, 0) is 42.9 Å². The number of esters is 1. The molecule has 0 fully saturated rings. The Balaban J connectivity index is 0.00000112. The van der Waals surface area contributed by atoms with Gasteiger partial charge in [0.05, 0.1) is 12.7 Å². The molecule has 15 heavy (non-hydrogen) atoms. The molecule has 0 saturated carbocycles. The van der Waals surface area contributed by atoms with Crippen LogP contribution in [0.2, 0.25) is 0 Å². The maximum atomic E-state index is 11.5. The quantitative estimate of drug-likeness (QED) is 0.689. The SMILES string of the molecule is COC(=O)c1cccc2c1CCCC2.Cl. The van der Waals surface area contributed by atoms with Gasteiger partial charge in [0.15, 0.2) is 0 Å². The van der Waals surface area contributed by atoms with Crippen molar-refractivity contribution in [3.8, 4) is 0 Å². The molecule has 0 N–H and O–H groups in total. The lowest BCUT2D eigenvalue weighted by Gasteiger charge is -2.17. The van der Waals surface area contributed by atoms with Crippen LogP contribution in [0.25, 0.3) is 0 Å². The summed E-state index contributed by atoms with van der Waals surface area (Å²) < 4.78 is 4.76. The highest BCUT2D eigenvalue weighted by Gasteiger charge is 2.17. The molecule has 1 aliphatic carbocycles. The van der Waals surface area contributed by atoms with E-state index in [1.165, 1.54) is 31.1 Å². The molecule has 3 heteroatoms. The van der Waals surface area contributed by atoms with Crippen LogP contribution in [0.3, 0.4) is 0 Å². The molecule has 1 aromatic rings. The van der Waals surface area contributed by atoms with Crippen molar-refractivity contribution in [2.24, 2.45) is 0 Å². The summed E-state index contributed by atoms with van der Waals surface area (Å²) in [6.45, 7) is 0. The van der Waals surface area contributed by atoms with E-state index < -0.39 is 0 Å². The zero-order valence-electron chi connectivity index (χ0n) is 8.79. The third-order valence-corrected chi connectivity index (χ3v) is 2.80. The van der Waals surface area contributed by atoms with Crippen molar-refractivity contribution in [2.75, 3.05) is 7.11 Å². The number of hydrogen-bond donors (Lipinski definition) is 0. The second-order valence-electron chi connectivity index (χ2n) is 3.64. The average Bonchev–Trinajstić information content (AvgIpc) is 2.27. The zero-order chi connectivity index (χ0) is 9.97. The Morgan fingerprint density at radius 1 is 1.27 bits per heavy atom. The molecule has 2 nitrogen and oxygen atoms in total. The van der Waals surface area contributed by atoms with Crippen LogP contribution in [0.15, 0.2) is 18.2 Å². The van der Waals surface area contributed by atoms with Crippen molar-refractivity contribution in [3.05, 3.63) is 34.9 Å². The lowest BCUT2D eigenvalue weighted by Crippen LogP contribution is -2.11. The van der Waals surface area contributed by atoms with E-state index >= 15 is 0 Å². The lowest BCUT2D eigenvalue weighted by atomic mass is 9.88. The Labute approximate surface area is 96.0 Å². The molecule has 1 aliphatic rings. The van der Waals surface area contributed by atoms with Crippen molar-refractivity contribution in [1.82, 2.24) is 0 Å². The molecule has 0 spiro atoms. The number of aryl methyl sites for hydroxylation is 1. The Morgan fingerprint density at radius 3 is 2.73 bits per heavy atom. The van der Waals surface area contributed by atoms with Crippen molar-refractivity contribution < 1.29 is 9.53 Å². The molecule has 2 rings (SSSR count). The van der Waals surface area contributed by atoms with Gasteiger partial charge in [0.2, 0.25) is 0 Å². The number of fused-ring (bicyclic) bond motifs is 1. The fraction of sp³-hybridized carbons (Fsp3) is 0.417. The van der Waals surface area contributed by atoms with Crippen LogP contribution >= 0.6 is 12.4 Å². The van der Waals surface area contributed by atoms with E-state index in [0.717, 1.165) is 18.4 Å². The van der Waals surface area contributed by atoms with E-state index in [0.29, 0.717) is 0 Å². The predicted octanol–water partition coefficient (Wildman–Crippen LogP) is 2.77. The summed E-state index contributed by atoms with van der Waals surface area (Å²) in [5, 5.41) is 0. The molecule has 0 bridgehead atoms. The maximum Gasteiger partial charge on any atom is 0.338 e.